The largest absolute Gasteiger partial charge is 0.394 e. The standard InChI is InChI=1S/C13H21ClN4O2/c1-2-15-10-3-5-17(6-4-10)11-9-16-18(7-8-19)13(20)12(11)14/h9-10,15,19H,2-8H2,1H3. The molecule has 1 saturated heterocycles. The molecule has 0 atom stereocenters. The summed E-state index contributed by atoms with van der Waals surface area (Å²) >= 11 is 6.15. The zero-order valence-electron chi connectivity index (χ0n) is 11.7. The molecule has 0 spiro atoms. The van der Waals surface area contributed by atoms with Crippen LogP contribution >= 0.6 is 11.6 Å². The third kappa shape index (κ3) is 3.31. The van der Waals surface area contributed by atoms with Gasteiger partial charge in [-0.3, -0.25) is 4.79 Å². The molecule has 0 aliphatic carbocycles. The third-order valence-corrected chi connectivity index (χ3v) is 3.96. The van der Waals surface area contributed by atoms with Gasteiger partial charge < -0.3 is 15.3 Å². The van der Waals surface area contributed by atoms with Gasteiger partial charge in [-0.25, -0.2) is 4.68 Å². The quantitative estimate of drug-likeness (QED) is 0.827. The van der Waals surface area contributed by atoms with E-state index in [1.54, 1.807) is 6.20 Å². The third-order valence-electron chi connectivity index (χ3n) is 3.61. The van der Waals surface area contributed by atoms with Crippen molar-refractivity contribution in [1.82, 2.24) is 15.1 Å². The highest BCUT2D eigenvalue weighted by atomic mass is 35.5. The number of halogens is 1. The molecule has 0 bridgehead atoms. The predicted molar refractivity (Wildman–Crippen MR) is 79.5 cm³/mol. The summed E-state index contributed by atoms with van der Waals surface area (Å²) in [6, 6.07) is 0.540. The second-order valence-electron chi connectivity index (χ2n) is 4.91. The molecule has 1 aliphatic rings. The predicted octanol–water partition coefficient (Wildman–Crippen LogP) is 0.467. The average molecular weight is 301 g/mol. The van der Waals surface area contributed by atoms with Crippen LogP contribution in [-0.2, 0) is 6.54 Å². The van der Waals surface area contributed by atoms with Crippen molar-refractivity contribution in [3.05, 3.63) is 21.6 Å². The van der Waals surface area contributed by atoms with E-state index in [9.17, 15) is 4.79 Å². The number of nitrogens with zero attached hydrogens (tertiary/aromatic N) is 3. The Hall–Kier alpha value is -1.11. The molecule has 2 rings (SSSR count). The molecule has 1 fully saturated rings. The van der Waals surface area contributed by atoms with Crippen LogP contribution in [0.1, 0.15) is 19.8 Å². The molecular weight excluding hydrogens is 280 g/mol. The van der Waals surface area contributed by atoms with Crippen LogP contribution in [0.5, 0.6) is 0 Å². The van der Waals surface area contributed by atoms with Crippen molar-refractivity contribution in [2.45, 2.75) is 32.4 Å². The summed E-state index contributed by atoms with van der Waals surface area (Å²) in [5.41, 5.74) is 0.354. The Morgan fingerprint density at radius 1 is 1.50 bits per heavy atom. The van der Waals surface area contributed by atoms with Gasteiger partial charge in [-0.15, -0.1) is 0 Å². The van der Waals surface area contributed by atoms with Crippen molar-refractivity contribution < 1.29 is 5.11 Å². The van der Waals surface area contributed by atoms with Crippen LogP contribution in [0.3, 0.4) is 0 Å². The fourth-order valence-electron chi connectivity index (χ4n) is 2.54. The molecular formula is C13H21ClN4O2. The molecule has 0 saturated carbocycles. The minimum absolute atomic E-state index is 0.128. The van der Waals surface area contributed by atoms with Crippen molar-refractivity contribution in [2.24, 2.45) is 0 Å². The van der Waals surface area contributed by atoms with Crippen LogP contribution in [-0.4, -0.2) is 47.2 Å². The Labute approximate surface area is 123 Å². The molecule has 0 radical (unpaired) electrons. The minimum atomic E-state index is -0.341. The number of piperidine rings is 1. The van der Waals surface area contributed by atoms with Crippen molar-refractivity contribution in [3.63, 3.8) is 0 Å². The maximum absolute atomic E-state index is 12.0. The van der Waals surface area contributed by atoms with Gasteiger partial charge in [-0.05, 0) is 19.4 Å². The highest BCUT2D eigenvalue weighted by Gasteiger charge is 2.22. The van der Waals surface area contributed by atoms with Gasteiger partial charge in [0.25, 0.3) is 5.56 Å². The SMILES string of the molecule is CCNC1CCN(c2cnn(CCO)c(=O)c2Cl)CC1. The molecule has 1 aromatic heterocycles. The van der Waals surface area contributed by atoms with Crippen molar-refractivity contribution in [3.8, 4) is 0 Å². The van der Waals surface area contributed by atoms with Crippen molar-refractivity contribution >= 4 is 17.3 Å². The number of aromatic nitrogens is 2. The van der Waals surface area contributed by atoms with Gasteiger partial charge in [0, 0.05) is 19.1 Å². The normalized spacial score (nSPS) is 16.6. The van der Waals surface area contributed by atoms with E-state index in [2.05, 4.69) is 22.2 Å². The van der Waals surface area contributed by atoms with Gasteiger partial charge in [-0.2, -0.15) is 5.10 Å². The summed E-state index contributed by atoms with van der Waals surface area (Å²) in [7, 11) is 0. The van der Waals surface area contributed by atoms with Gasteiger partial charge in [0.1, 0.15) is 5.02 Å². The van der Waals surface area contributed by atoms with Crippen molar-refractivity contribution in [1.29, 1.82) is 0 Å². The van der Waals surface area contributed by atoms with Crippen molar-refractivity contribution in [2.75, 3.05) is 31.1 Å². The molecule has 0 unspecified atom stereocenters. The summed E-state index contributed by atoms with van der Waals surface area (Å²) in [5, 5.41) is 16.6. The average Bonchev–Trinajstić information content (AvgIpc) is 2.46. The van der Waals surface area contributed by atoms with E-state index in [-0.39, 0.29) is 23.7 Å². The number of anilines is 1. The summed E-state index contributed by atoms with van der Waals surface area (Å²) in [4.78, 5) is 14.1. The lowest BCUT2D eigenvalue weighted by molar-refractivity contribution is 0.266. The zero-order valence-corrected chi connectivity index (χ0v) is 12.4. The maximum atomic E-state index is 12.0. The van der Waals surface area contributed by atoms with E-state index in [1.807, 2.05) is 0 Å². The topological polar surface area (TPSA) is 70.4 Å². The van der Waals surface area contributed by atoms with Crippen LogP contribution < -0.4 is 15.8 Å². The number of aliphatic hydroxyl groups is 1. The highest BCUT2D eigenvalue weighted by Crippen LogP contribution is 2.24. The second-order valence-corrected chi connectivity index (χ2v) is 5.29. The van der Waals surface area contributed by atoms with Gasteiger partial charge >= 0.3 is 0 Å². The zero-order chi connectivity index (χ0) is 14.5. The Balaban J connectivity index is 2.11. The summed E-state index contributed by atoms with van der Waals surface area (Å²) in [6.45, 7) is 4.85. The summed E-state index contributed by atoms with van der Waals surface area (Å²) in [6.07, 6.45) is 3.68. The lowest BCUT2D eigenvalue weighted by Gasteiger charge is -2.34. The number of hydrogen-bond acceptors (Lipinski definition) is 5. The number of aliphatic hydroxyl groups excluding tert-OH is 1. The molecule has 2 N–H and O–H groups in total. The minimum Gasteiger partial charge on any atom is -0.394 e. The molecule has 6 nitrogen and oxygen atoms in total. The first-order valence-electron chi connectivity index (χ1n) is 7.02. The van der Waals surface area contributed by atoms with Gasteiger partial charge in [0.05, 0.1) is 25.0 Å². The molecule has 112 valence electrons. The van der Waals surface area contributed by atoms with E-state index in [0.29, 0.717) is 11.7 Å². The van der Waals surface area contributed by atoms with E-state index >= 15 is 0 Å². The molecule has 2 heterocycles. The van der Waals surface area contributed by atoms with Crippen LogP contribution in [0.25, 0.3) is 0 Å². The van der Waals surface area contributed by atoms with E-state index in [1.165, 1.54) is 4.68 Å². The van der Waals surface area contributed by atoms with E-state index < -0.39 is 0 Å². The first-order valence-corrected chi connectivity index (χ1v) is 7.40. The highest BCUT2D eigenvalue weighted by molar-refractivity contribution is 6.33. The second kappa shape index (κ2) is 7.06. The lowest BCUT2D eigenvalue weighted by atomic mass is 10.0. The first-order chi connectivity index (χ1) is 9.67. The summed E-state index contributed by atoms with van der Waals surface area (Å²) < 4.78 is 1.19. The smallest absolute Gasteiger partial charge is 0.287 e. The molecule has 20 heavy (non-hydrogen) atoms. The Morgan fingerprint density at radius 2 is 2.20 bits per heavy atom. The lowest BCUT2D eigenvalue weighted by Crippen LogP contribution is -2.43. The fraction of sp³-hybridized carbons (Fsp3) is 0.692. The van der Waals surface area contributed by atoms with Crippen LogP contribution in [0.15, 0.2) is 11.0 Å². The summed E-state index contributed by atoms with van der Waals surface area (Å²) in [5.74, 6) is 0. The first kappa shape index (κ1) is 15.3. The fourth-order valence-corrected chi connectivity index (χ4v) is 2.81. The Kier molecular flexibility index (Phi) is 5.39. The van der Waals surface area contributed by atoms with E-state index in [4.69, 9.17) is 16.7 Å². The van der Waals surface area contributed by atoms with Crippen LogP contribution in [0.2, 0.25) is 5.02 Å². The van der Waals surface area contributed by atoms with Crippen LogP contribution in [0, 0.1) is 0 Å². The van der Waals surface area contributed by atoms with Crippen LogP contribution in [0.4, 0.5) is 5.69 Å². The van der Waals surface area contributed by atoms with Gasteiger partial charge in [0.15, 0.2) is 0 Å². The Morgan fingerprint density at radius 3 is 2.80 bits per heavy atom. The number of rotatable bonds is 5. The Bertz CT molecular complexity index is 498. The van der Waals surface area contributed by atoms with Gasteiger partial charge in [0.2, 0.25) is 0 Å². The molecule has 1 aliphatic heterocycles. The maximum Gasteiger partial charge on any atom is 0.287 e. The molecule has 7 heteroatoms. The molecule has 0 amide bonds. The molecule has 0 aromatic carbocycles. The monoisotopic (exact) mass is 300 g/mol. The van der Waals surface area contributed by atoms with E-state index in [0.717, 1.165) is 32.5 Å². The number of hydrogen-bond donors (Lipinski definition) is 2. The molecule has 1 aromatic rings. The van der Waals surface area contributed by atoms with Gasteiger partial charge in [-0.1, -0.05) is 18.5 Å². The number of nitrogens with one attached hydrogen (secondary N) is 1.